The summed E-state index contributed by atoms with van der Waals surface area (Å²) < 4.78 is 49.7. The number of ether oxygens (including phenoxy) is 1. The zero-order valence-corrected chi connectivity index (χ0v) is 11.1. The molecule has 0 fully saturated rings. The molecule has 0 amide bonds. The topological polar surface area (TPSA) is 104 Å². The van der Waals surface area contributed by atoms with Gasteiger partial charge >= 0.3 is 0 Å². The minimum absolute atomic E-state index is 0.0148. The van der Waals surface area contributed by atoms with Gasteiger partial charge in [-0.25, -0.2) is 22.0 Å². The molecule has 0 aliphatic heterocycles. The third kappa shape index (κ3) is 3.56. The quantitative estimate of drug-likeness (QED) is 0.823. The molecule has 1 aromatic carbocycles. The van der Waals surface area contributed by atoms with Crippen molar-refractivity contribution in [2.45, 2.75) is 16.7 Å². The average Bonchev–Trinajstić information content (AvgIpc) is 2.15. The lowest BCUT2D eigenvalue weighted by Crippen LogP contribution is -2.14. The van der Waals surface area contributed by atoms with E-state index in [0.717, 1.165) is 12.1 Å². The molecule has 0 radical (unpaired) electrons. The molecule has 96 valence electrons. The fourth-order valence-electron chi connectivity index (χ4n) is 1.14. The van der Waals surface area contributed by atoms with Gasteiger partial charge in [-0.2, -0.15) is 0 Å². The van der Waals surface area contributed by atoms with E-state index in [9.17, 15) is 16.8 Å². The molecule has 0 saturated carbocycles. The van der Waals surface area contributed by atoms with Crippen LogP contribution in [0.3, 0.4) is 0 Å². The van der Waals surface area contributed by atoms with Gasteiger partial charge in [-0.3, -0.25) is 0 Å². The van der Waals surface area contributed by atoms with Crippen LogP contribution in [0.2, 0.25) is 0 Å². The van der Waals surface area contributed by atoms with Gasteiger partial charge in [-0.05, 0) is 25.1 Å². The Morgan fingerprint density at radius 2 is 1.88 bits per heavy atom. The molecule has 9 heteroatoms. The van der Waals surface area contributed by atoms with Crippen molar-refractivity contribution in [3.63, 3.8) is 0 Å². The highest BCUT2D eigenvalue weighted by Crippen LogP contribution is 2.27. The van der Waals surface area contributed by atoms with Crippen molar-refractivity contribution >= 4 is 29.8 Å². The highest BCUT2D eigenvalue weighted by Gasteiger charge is 2.20. The van der Waals surface area contributed by atoms with Crippen LogP contribution in [-0.4, -0.2) is 23.4 Å². The second-order valence-electron chi connectivity index (χ2n) is 3.02. The Kier molecular flexibility index (Phi) is 4.03. The maximum atomic E-state index is 11.3. The first-order chi connectivity index (χ1) is 7.66. The highest BCUT2D eigenvalue weighted by atomic mass is 35.7. The smallest absolute Gasteiger partial charge is 0.261 e. The number of benzene rings is 1. The minimum atomic E-state index is -4.09. The van der Waals surface area contributed by atoms with Crippen molar-refractivity contribution in [3.05, 3.63) is 18.2 Å². The van der Waals surface area contributed by atoms with Crippen molar-refractivity contribution in [1.82, 2.24) is 0 Å². The number of sulfonamides is 1. The Morgan fingerprint density at radius 1 is 1.29 bits per heavy atom. The van der Waals surface area contributed by atoms with Crippen molar-refractivity contribution in [2.24, 2.45) is 5.14 Å². The van der Waals surface area contributed by atoms with Crippen LogP contribution in [0.15, 0.2) is 28.0 Å². The Balaban J connectivity index is 3.51. The molecule has 0 unspecified atom stereocenters. The van der Waals surface area contributed by atoms with Gasteiger partial charge in [0.15, 0.2) is 0 Å². The molecule has 0 heterocycles. The Morgan fingerprint density at radius 3 is 2.29 bits per heavy atom. The molecule has 0 spiro atoms. The molecular formula is C8H10ClNO5S2. The Bertz CT molecular complexity index is 623. The van der Waals surface area contributed by atoms with Crippen LogP contribution in [0.25, 0.3) is 0 Å². The summed E-state index contributed by atoms with van der Waals surface area (Å²) in [6, 6.07) is 3.20. The summed E-state index contributed by atoms with van der Waals surface area (Å²) >= 11 is 0. The SMILES string of the molecule is CCOc1ccc(S(=O)(=O)Cl)cc1S(N)(=O)=O. The van der Waals surface area contributed by atoms with Gasteiger partial charge < -0.3 is 4.74 Å². The first-order valence-electron chi connectivity index (χ1n) is 4.40. The number of halogens is 1. The predicted molar refractivity (Wildman–Crippen MR) is 62.0 cm³/mol. The standard InChI is InChI=1S/C8H10ClNO5S2/c1-2-15-7-4-3-6(16(9,11)12)5-8(7)17(10,13)14/h3-5H,2H2,1H3,(H2,10,13,14). The van der Waals surface area contributed by atoms with E-state index < -0.39 is 24.0 Å². The van der Waals surface area contributed by atoms with Crippen molar-refractivity contribution in [2.75, 3.05) is 6.61 Å². The van der Waals surface area contributed by atoms with Crippen LogP contribution >= 0.6 is 10.7 Å². The second kappa shape index (κ2) is 4.81. The van der Waals surface area contributed by atoms with Crippen LogP contribution in [0.4, 0.5) is 0 Å². The van der Waals surface area contributed by atoms with Crippen LogP contribution < -0.4 is 9.88 Å². The van der Waals surface area contributed by atoms with Crippen molar-refractivity contribution in [1.29, 1.82) is 0 Å². The molecule has 0 atom stereocenters. The van der Waals surface area contributed by atoms with Gasteiger partial charge in [0.25, 0.3) is 9.05 Å². The minimum Gasteiger partial charge on any atom is -0.492 e. The summed E-state index contributed by atoms with van der Waals surface area (Å²) in [6.45, 7) is 1.87. The fourth-order valence-corrected chi connectivity index (χ4v) is 2.69. The monoisotopic (exact) mass is 299 g/mol. The third-order valence-corrected chi connectivity index (χ3v) is 4.09. The van der Waals surface area contributed by atoms with Gasteiger partial charge in [0.05, 0.1) is 11.5 Å². The molecular weight excluding hydrogens is 290 g/mol. The van der Waals surface area contributed by atoms with Gasteiger partial charge in [0, 0.05) is 10.7 Å². The van der Waals surface area contributed by atoms with E-state index in [2.05, 4.69) is 0 Å². The second-order valence-corrected chi connectivity index (χ2v) is 7.12. The molecule has 0 aliphatic rings. The van der Waals surface area contributed by atoms with Crippen LogP contribution in [0.1, 0.15) is 6.92 Å². The third-order valence-electron chi connectivity index (χ3n) is 1.80. The zero-order valence-electron chi connectivity index (χ0n) is 8.75. The van der Waals surface area contributed by atoms with Crippen molar-refractivity contribution < 1.29 is 21.6 Å². The maximum absolute atomic E-state index is 11.3. The largest absolute Gasteiger partial charge is 0.492 e. The lowest BCUT2D eigenvalue weighted by Gasteiger charge is -2.09. The molecule has 0 aliphatic carbocycles. The van der Waals surface area contributed by atoms with Gasteiger partial charge in [-0.15, -0.1) is 0 Å². The van der Waals surface area contributed by atoms with E-state index in [1.54, 1.807) is 6.92 Å². The average molecular weight is 300 g/mol. The van der Waals surface area contributed by atoms with E-state index in [1.165, 1.54) is 6.07 Å². The van der Waals surface area contributed by atoms with Crippen molar-refractivity contribution in [3.8, 4) is 5.75 Å². The van der Waals surface area contributed by atoms with Gasteiger partial charge in [-0.1, -0.05) is 0 Å². The summed E-state index contributed by atoms with van der Waals surface area (Å²) in [4.78, 5) is -0.771. The molecule has 1 rings (SSSR count). The molecule has 6 nitrogen and oxygen atoms in total. The van der Waals surface area contributed by atoms with E-state index in [4.69, 9.17) is 20.6 Å². The van der Waals surface area contributed by atoms with E-state index >= 15 is 0 Å². The molecule has 0 aromatic heterocycles. The van der Waals surface area contributed by atoms with Crippen LogP contribution in [0.5, 0.6) is 5.75 Å². The normalized spacial score (nSPS) is 12.4. The lowest BCUT2D eigenvalue weighted by atomic mass is 10.3. The first kappa shape index (κ1) is 14.2. The van der Waals surface area contributed by atoms with E-state index in [0.29, 0.717) is 0 Å². The lowest BCUT2D eigenvalue weighted by molar-refractivity contribution is 0.331. The number of primary sulfonamides is 1. The van der Waals surface area contributed by atoms with E-state index in [1.807, 2.05) is 0 Å². The van der Waals surface area contributed by atoms with Crippen LogP contribution in [-0.2, 0) is 19.1 Å². The highest BCUT2D eigenvalue weighted by molar-refractivity contribution is 8.13. The molecule has 1 aromatic rings. The maximum Gasteiger partial charge on any atom is 0.261 e. The summed E-state index contributed by atoms with van der Waals surface area (Å²) in [5, 5.41) is 4.95. The zero-order chi connectivity index (χ0) is 13.3. The molecule has 0 bridgehead atoms. The Labute approximate surface area is 104 Å². The molecule has 17 heavy (non-hydrogen) atoms. The number of hydrogen-bond donors (Lipinski definition) is 1. The van der Waals surface area contributed by atoms with E-state index in [-0.39, 0.29) is 17.3 Å². The fraction of sp³-hybridized carbons (Fsp3) is 0.250. The van der Waals surface area contributed by atoms with Gasteiger partial charge in [0.1, 0.15) is 10.6 Å². The van der Waals surface area contributed by atoms with Crippen LogP contribution in [0, 0.1) is 0 Å². The molecule has 2 N–H and O–H groups in total. The summed E-state index contributed by atoms with van der Waals surface area (Å²) in [5.74, 6) is -0.0148. The number of hydrogen-bond acceptors (Lipinski definition) is 5. The first-order valence-corrected chi connectivity index (χ1v) is 8.26. The molecule has 0 saturated heterocycles. The summed E-state index contributed by atoms with van der Waals surface area (Å²) in [5.41, 5.74) is 0. The van der Waals surface area contributed by atoms with Gasteiger partial charge in [0.2, 0.25) is 10.0 Å². The number of nitrogens with two attached hydrogens (primary N) is 1. The Hall–Kier alpha value is -0.830. The summed E-state index contributed by atoms with van der Waals surface area (Å²) in [6.07, 6.45) is 0. The number of rotatable bonds is 4. The summed E-state index contributed by atoms with van der Waals surface area (Å²) in [7, 11) is -3.00. The predicted octanol–water partition coefficient (Wildman–Crippen LogP) is 0.660.